The summed E-state index contributed by atoms with van der Waals surface area (Å²) in [7, 11) is 0. The minimum Gasteiger partial charge on any atom is -0.281 e. The molecule has 3 aromatic rings. The molecule has 0 atom stereocenters. The maximum atomic E-state index is 8.93. The predicted molar refractivity (Wildman–Crippen MR) is 65.7 cm³/mol. The van der Waals surface area contributed by atoms with Crippen molar-refractivity contribution in [2.45, 2.75) is 6.92 Å². The van der Waals surface area contributed by atoms with Crippen molar-refractivity contribution in [2.24, 2.45) is 0 Å². The molecule has 0 N–H and O–H groups in total. The van der Waals surface area contributed by atoms with Gasteiger partial charge < -0.3 is 0 Å². The van der Waals surface area contributed by atoms with Crippen LogP contribution in [0.5, 0.6) is 0 Å². The van der Waals surface area contributed by atoms with Gasteiger partial charge in [-0.25, -0.2) is 0 Å². The normalized spacial score (nSPS) is 10.4. The van der Waals surface area contributed by atoms with Gasteiger partial charge >= 0.3 is 0 Å². The third kappa shape index (κ3) is 1.52. The van der Waals surface area contributed by atoms with Crippen molar-refractivity contribution in [1.82, 2.24) is 19.6 Å². The van der Waals surface area contributed by atoms with E-state index in [1.165, 1.54) is 0 Å². The summed E-state index contributed by atoms with van der Waals surface area (Å²) < 4.78 is 1.81. The van der Waals surface area contributed by atoms with Crippen LogP contribution in [-0.4, -0.2) is 19.6 Å². The number of fused-ring (bicyclic) bond motifs is 1. The summed E-state index contributed by atoms with van der Waals surface area (Å²) in [4.78, 5) is 4.24. The Bertz CT molecular complexity index is 766. The molecule has 3 heterocycles. The molecule has 0 unspecified atom stereocenters. The average molecular weight is 235 g/mol. The van der Waals surface area contributed by atoms with Gasteiger partial charge in [-0.1, -0.05) is 0 Å². The number of nitrogens with zero attached hydrogens (tertiary/aromatic N) is 5. The van der Waals surface area contributed by atoms with E-state index in [-0.39, 0.29) is 0 Å². The summed E-state index contributed by atoms with van der Waals surface area (Å²) >= 11 is 0. The van der Waals surface area contributed by atoms with E-state index >= 15 is 0 Å². The number of hydrogen-bond acceptors (Lipinski definition) is 4. The van der Waals surface area contributed by atoms with Crippen LogP contribution in [0.2, 0.25) is 0 Å². The second-order valence-electron chi connectivity index (χ2n) is 3.92. The highest BCUT2D eigenvalue weighted by Crippen LogP contribution is 2.20. The SMILES string of the molecule is Cc1ncccc1-c1nnc2ccc(C#N)cn12. The van der Waals surface area contributed by atoms with Crippen molar-refractivity contribution in [1.29, 1.82) is 5.26 Å². The van der Waals surface area contributed by atoms with Crippen LogP contribution in [0.3, 0.4) is 0 Å². The number of aryl methyl sites for hydroxylation is 1. The minimum absolute atomic E-state index is 0.574. The van der Waals surface area contributed by atoms with E-state index in [2.05, 4.69) is 21.3 Å². The monoisotopic (exact) mass is 235 g/mol. The highest BCUT2D eigenvalue weighted by Gasteiger charge is 2.10. The molecular weight excluding hydrogens is 226 g/mol. The zero-order chi connectivity index (χ0) is 12.5. The summed E-state index contributed by atoms with van der Waals surface area (Å²) in [6, 6.07) is 9.42. The molecule has 0 aliphatic rings. The molecule has 5 heteroatoms. The van der Waals surface area contributed by atoms with Gasteiger partial charge in [-0.2, -0.15) is 5.26 Å². The fourth-order valence-electron chi connectivity index (χ4n) is 1.86. The van der Waals surface area contributed by atoms with Crippen molar-refractivity contribution in [2.75, 3.05) is 0 Å². The minimum atomic E-state index is 0.574. The molecule has 0 radical (unpaired) electrons. The van der Waals surface area contributed by atoms with Crippen LogP contribution < -0.4 is 0 Å². The lowest BCUT2D eigenvalue weighted by atomic mass is 10.2. The second kappa shape index (κ2) is 3.93. The Morgan fingerprint density at radius 2 is 2.11 bits per heavy atom. The van der Waals surface area contributed by atoms with Crippen molar-refractivity contribution in [3.8, 4) is 17.5 Å². The van der Waals surface area contributed by atoms with Crippen molar-refractivity contribution >= 4 is 5.65 Å². The Morgan fingerprint density at radius 3 is 2.89 bits per heavy atom. The Hall–Kier alpha value is -2.74. The largest absolute Gasteiger partial charge is 0.281 e. The molecule has 0 fully saturated rings. The summed E-state index contributed by atoms with van der Waals surface area (Å²) in [5.74, 6) is 0.702. The van der Waals surface area contributed by atoms with Crippen LogP contribution in [0, 0.1) is 18.3 Å². The number of aromatic nitrogens is 4. The Kier molecular flexibility index (Phi) is 2.27. The topological polar surface area (TPSA) is 66.9 Å². The first-order chi connectivity index (χ1) is 8.79. The highest BCUT2D eigenvalue weighted by molar-refractivity contribution is 5.62. The van der Waals surface area contributed by atoms with Crippen LogP contribution in [-0.2, 0) is 0 Å². The summed E-state index contributed by atoms with van der Waals surface area (Å²) in [5, 5.41) is 17.2. The van der Waals surface area contributed by atoms with Gasteiger partial charge in [0.1, 0.15) is 6.07 Å². The Labute approximate surface area is 103 Å². The Morgan fingerprint density at radius 1 is 1.22 bits per heavy atom. The molecule has 3 aromatic heterocycles. The van der Waals surface area contributed by atoms with E-state index < -0.39 is 0 Å². The van der Waals surface area contributed by atoms with Crippen LogP contribution in [0.1, 0.15) is 11.3 Å². The number of nitriles is 1. The van der Waals surface area contributed by atoms with Crippen LogP contribution in [0.25, 0.3) is 17.0 Å². The van der Waals surface area contributed by atoms with E-state index in [1.807, 2.05) is 23.5 Å². The second-order valence-corrected chi connectivity index (χ2v) is 3.92. The maximum Gasteiger partial charge on any atom is 0.170 e. The van der Waals surface area contributed by atoms with E-state index in [0.29, 0.717) is 17.0 Å². The number of rotatable bonds is 1. The zero-order valence-electron chi connectivity index (χ0n) is 9.70. The molecule has 0 bridgehead atoms. The molecule has 5 nitrogen and oxygen atoms in total. The quantitative estimate of drug-likeness (QED) is 0.646. The molecular formula is C13H9N5. The standard InChI is InChI=1S/C13H9N5/c1-9-11(3-2-6-15-9)13-17-16-12-5-4-10(7-14)8-18(12)13/h2-6,8H,1H3. The highest BCUT2D eigenvalue weighted by atomic mass is 15.2. The van der Waals surface area contributed by atoms with Crippen molar-refractivity contribution in [3.63, 3.8) is 0 Å². The zero-order valence-corrected chi connectivity index (χ0v) is 9.70. The molecule has 0 aliphatic heterocycles. The molecule has 0 amide bonds. The van der Waals surface area contributed by atoms with Crippen LogP contribution in [0.4, 0.5) is 0 Å². The van der Waals surface area contributed by atoms with E-state index in [1.54, 1.807) is 24.5 Å². The van der Waals surface area contributed by atoms with Gasteiger partial charge in [0.25, 0.3) is 0 Å². The van der Waals surface area contributed by atoms with Gasteiger partial charge in [0.15, 0.2) is 11.5 Å². The van der Waals surface area contributed by atoms with Gasteiger partial charge in [-0.15, -0.1) is 10.2 Å². The first kappa shape index (κ1) is 10.4. The Balaban J connectivity index is 2.31. The number of hydrogen-bond donors (Lipinski definition) is 0. The van der Waals surface area contributed by atoms with Crippen LogP contribution in [0.15, 0.2) is 36.7 Å². The van der Waals surface area contributed by atoms with Crippen molar-refractivity contribution in [3.05, 3.63) is 47.9 Å². The molecule has 0 aromatic carbocycles. The third-order valence-electron chi connectivity index (χ3n) is 2.78. The van der Waals surface area contributed by atoms with E-state index in [9.17, 15) is 0 Å². The smallest absolute Gasteiger partial charge is 0.170 e. The van der Waals surface area contributed by atoms with Crippen molar-refractivity contribution < 1.29 is 0 Å². The molecule has 0 saturated heterocycles. The molecule has 18 heavy (non-hydrogen) atoms. The van der Waals surface area contributed by atoms with Gasteiger partial charge in [-0.05, 0) is 31.2 Å². The van der Waals surface area contributed by atoms with E-state index in [4.69, 9.17) is 5.26 Å². The van der Waals surface area contributed by atoms with Gasteiger partial charge in [0.05, 0.1) is 5.56 Å². The summed E-state index contributed by atoms with van der Waals surface area (Å²) in [5.41, 5.74) is 3.09. The van der Waals surface area contributed by atoms with E-state index in [0.717, 1.165) is 11.3 Å². The third-order valence-corrected chi connectivity index (χ3v) is 2.78. The average Bonchev–Trinajstić information content (AvgIpc) is 2.82. The lowest BCUT2D eigenvalue weighted by Crippen LogP contribution is -1.94. The lowest BCUT2D eigenvalue weighted by molar-refractivity contribution is 1.09. The first-order valence-corrected chi connectivity index (χ1v) is 5.46. The van der Waals surface area contributed by atoms with Gasteiger partial charge in [0, 0.05) is 23.7 Å². The number of pyridine rings is 2. The maximum absolute atomic E-state index is 8.93. The molecule has 3 rings (SSSR count). The lowest BCUT2D eigenvalue weighted by Gasteiger charge is -2.02. The first-order valence-electron chi connectivity index (χ1n) is 5.46. The molecule has 86 valence electrons. The van der Waals surface area contributed by atoms with Crippen LogP contribution >= 0.6 is 0 Å². The predicted octanol–water partition coefficient (Wildman–Crippen LogP) is 1.97. The molecule has 0 saturated carbocycles. The van der Waals surface area contributed by atoms with Gasteiger partial charge in [0.2, 0.25) is 0 Å². The van der Waals surface area contributed by atoms with Gasteiger partial charge in [-0.3, -0.25) is 9.38 Å². The fraction of sp³-hybridized carbons (Fsp3) is 0.0769. The molecule has 0 spiro atoms. The summed E-state index contributed by atoms with van der Waals surface area (Å²) in [6.45, 7) is 1.92. The fourth-order valence-corrected chi connectivity index (χ4v) is 1.86. The molecule has 0 aliphatic carbocycles. The summed E-state index contributed by atoms with van der Waals surface area (Å²) in [6.07, 6.45) is 3.47.